The van der Waals surface area contributed by atoms with Crippen molar-refractivity contribution in [2.75, 3.05) is 0 Å². The van der Waals surface area contributed by atoms with Crippen molar-refractivity contribution in [1.29, 1.82) is 0 Å². The first-order chi connectivity index (χ1) is 12.0. The Bertz CT molecular complexity index is 726. The lowest BCUT2D eigenvalue weighted by atomic mass is 9.79. The fourth-order valence-corrected chi connectivity index (χ4v) is 3.46. The number of carbonyl (C=O) groups excluding carboxylic acids is 1. The molecule has 136 valence electrons. The zero-order valence-corrected chi connectivity index (χ0v) is 14.9. The minimum atomic E-state index is -0.102. The second-order valence-corrected chi connectivity index (χ2v) is 6.61. The third-order valence-electron chi connectivity index (χ3n) is 4.97. The Morgan fingerprint density at radius 1 is 1.36 bits per heavy atom. The summed E-state index contributed by atoms with van der Waals surface area (Å²) >= 11 is 0. The highest BCUT2D eigenvalue weighted by molar-refractivity contribution is 5.76. The van der Waals surface area contributed by atoms with Crippen LogP contribution >= 0.6 is 0 Å². The summed E-state index contributed by atoms with van der Waals surface area (Å²) in [5, 5.41) is 24.5. The third kappa shape index (κ3) is 3.58. The third-order valence-corrected chi connectivity index (χ3v) is 4.97. The van der Waals surface area contributed by atoms with Crippen LogP contribution in [0, 0.1) is 13.8 Å². The van der Waals surface area contributed by atoms with Gasteiger partial charge in [0.25, 0.3) is 0 Å². The molecule has 2 N–H and O–H groups in total. The van der Waals surface area contributed by atoms with Crippen LogP contribution in [0.3, 0.4) is 0 Å². The summed E-state index contributed by atoms with van der Waals surface area (Å²) in [5.74, 6) is 2.64. The molecule has 0 aliphatic heterocycles. The van der Waals surface area contributed by atoms with Crippen LogP contribution < -0.4 is 5.32 Å². The zero-order valence-electron chi connectivity index (χ0n) is 14.9. The fourth-order valence-electron chi connectivity index (χ4n) is 3.46. The smallest absolute Gasteiger partial charge is 0.220 e. The monoisotopic (exact) mass is 347 g/mol. The minimum Gasteiger partial charge on any atom is -0.388 e. The molecule has 25 heavy (non-hydrogen) atoms. The Morgan fingerprint density at radius 3 is 2.72 bits per heavy atom. The average molecular weight is 347 g/mol. The molecular formula is C17H25N5O3. The van der Waals surface area contributed by atoms with Crippen molar-refractivity contribution in [3.8, 4) is 0 Å². The number of carbonyl (C=O) groups is 1. The molecular weight excluding hydrogens is 322 g/mol. The molecule has 2 aromatic heterocycles. The Hall–Kier alpha value is -2.22. The molecule has 0 unspecified atom stereocenters. The molecule has 3 rings (SSSR count). The van der Waals surface area contributed by atoms with Gasteiger partial charge in [0.15, 0.2) is 5.82 Å². The van der Waals surface area contributed by atoms with E-state index in [2.05, 4.69) is 20.7 Å². The van der Waals surface area contributed by atoms with Crippen molar-refractivity contribution in [2.45, 2.75) is 71.6 Å². The van der Waals surface area contributed by atoms with E-state index in [0.29, 0.717) is 24.6 Å². The summed E-state index contributed by atoms with van der Waals surface area (Å²) in [6.07, 6.45) is 2.80. The Morgan fingerprint density at radius 2 is 2.12 bits per heavy atom. The first-order valence-corrected chi connectivity index (χ1v) is 8.77. The van der Waals surface area contributed by atoms with Crippen molar-refractivity contribution < 1.29 is 14.4 Å². The van der Waals surface area contributed by atoms with Gasteiger partial charge in [0.05, 0.1) is 5.69 Å². The maximum Gasteiger partial charge on any atom is 0.220 e. The zero-order chi connectivity index (χ0) is 18.0. The normalized spacial score (nSPS) is 19.7. The lowest BCUT2D eigenvalue weighted by Crippen LogP contribution is -2.44. The minimum absolute atomic E-state index is 0.0523. The van der Waals surface area contributed by atoms with Crippen molar-refractivity contribution in [3.63, 3.8) is 0 Å². The van der Waals surface area contributed by atoms with Gasteiger partial charge >= 0.3 is 0 Å². The molecule has 2 aromatic rings. The van der Waals surface area contributed by atoms with Crippen molar-refractivity contribution in [1.82, 2.24) is 25.2 Å². The van der Waals surface area contributed by atoms with Gasteiger partial charge < -0.3 is 19.5 Å². The van der Waals surface area contributed by atoms with E-state index in [9.17, 15) is 9.90 Å². The van der Waals surface area contributed by atoms with E-state index in [-0.39, 0.29) is 18.6 Å². The van der Waals surface area contributed by atoms with Gasteiger partial charge in [0, 0.05) is 30.5 Å². The Labute approximate surface area is 146 Å². The Balaban J connectivity index is 1.47. The number of aromatic nitrogens is 4. The van der Waals surface area contributed by atoms with E-state index in [1.165, 1.54) is 0 Å². The van der Waals surface area contributed by atoms with Gasteiger partial charge in [-0.15, -0.1) is 10.2 Å². The predicted octanol–water partition coefficient (Wildman–Crippen LogP) is 1.39. The van der Waals surface area contributed by atoms with Crippen LogP contribution in [0.1, 0.15) is 60.8 Å². The molecule has 8 nitrogen and oxygen atoms in total. The molecule has 0 saturated heterocycles. The quantitative estimate of drug-likeness (QED) is 0.784. The van der Waals surface area contributed by atoms with Crippen LogP contribution in [-0.4, -0.2) is 37.0 Å². The standard InChI is InChI=1S/C17H25N5O3/c1-4-22-15(9-23)19-20-17(22)12-7-13(8-12)18-16(24)6-5-14-10(2)21-25-11(14)3/h12-13,23H,4-9H2,1-3H3,(H,18,24). The summed E-state index contributed by atoms with van der Waals surface area (Å²) in [4.78, 5) is 12.2. The summed E-state index contributed by atoms with van der Waals surface area (Å²) in [5.41, 5.74) is 1.88. The van der Waals surface area contributed by atoms with Gasteiger partial charge in [0.2, 0.25) is 5.91 Å². The molecule has 1 aliphatic carbocycles. The van der Waals surface area contributed by atoms with E-state index >= 15 is 0 Å². The summed E-state index contributed by atoms with van der Waals surface area (Å²) in [7, 11) is 0. The van der Waals surface area contributed by atoms with Gasteiger partial charge in [-0.3, -0.25) is 4.79 Å². The molecule has 1 amide bonds. The molecule has 2 heterocycles. The number of amides is 1. The fraction of sp³-hybridized carbons (Fsp3) is 0.647. The molecule has 0 radical (unpaired) electrons. The van der Waals surface area contributed by atoms with E-state index in [0.717, 1.165) is 42.2 Å². The van der Waals surface area contributed by atoms with Crippen LogP contribution in [0.15, 0.2) is 4.52 Å². The van der Waals surface area contributed by atoms with Crippen LogP contribution in [0.25, 0.3) is 0 Å². The second kappa shape index (κ2) is 7.35. The molecule has 0 aromatic carbocycles. The lowest BCUT2D eigenvalue weighted by Gasteiger charge is -2.35. The van der Waals surface area contributed by atoms with Crippen molar-refractivity contribution in [3.05, 3.63) is 28.7 Å². The van der Waals surface area contributed by atoms with Crippen LogP contribution in [0.5, 0.6) is 0 Å². The highest BCUT2D eigenvalue weighted by atomic mass is 16.5. The van der Waals surface area contributed by atoms with Crippen molar-refractivity contribution in [2.24, 2.45) is 0 Å². The van der Waals surface area contributed by atoms with Gasteiger partial charge in [0.1, 0.15) is 18.2 Å². The van der Waals surface area contributed by atoms with Gasteiger partial charge in [-0.25, -0.2) is 0 Å². The molecule has 8 heteroatoms. The Kier molecular flexibility index (Phi) is 5.17. The molecule has 1 fully saturated rings. The van der Waals surface area contributed by atoms with Crippen molar-refractivity contribution >= 4 is 5.91 Å². The summed E-state index contributed by atoms with van der Waals surface area (Å²) in [6.45, 7) is 6.41. The number of nitrogens with one attached hydrogen (secondary N) is 1. The first kappa shape index (κ1) is 17.6. The maximum atomic E-state index is 12.2. The van der Waals surface area contributed by atoms with Gasteiger partial charge in [-0.1, -0.05) is 5.16 Å². The number of rotatable bonds is 7. The average Bonchev–Trinajstić information content (AvgIpc) is 3.11. The largest absolute Gasteiger partial charge is 0.388 e. The molecule has 0 bridgehead atoms. The number of hydrogen-bond donors (Lipinski definition) is 2. The number of hydrogen-bond acceptors (Lipinski definition) is 6. The van der Waals surface area contributed by atoms with E-state index in [1.54, 1.807) is 0 Å². The van der Waals surface area contributed by atoms with Crippen LogP contribution in [0.4, 0.5) is 0 Å². The van der Waals surface area contributed by atoms with Crippen LogP contribution in [0.2, 0.25) is 0 Å². The number of aliphatic hydroxyl groups is 1. The highest BCUT2D eigenvalue weighted by Gasteiger charge is 2.35. The number of nitrogens with zero attached hydrogens (tertiary/aromatic N) is 4. The SMILES string of the molecule is CCn1c(CO)nnc1C1CC(NC(=O)CCc2c(C)noc2C)C1. The number of aliphatic hydroxyl groups excluding tert-OH is 1. The highest BCUT2D eigenvalue weighted by Crippen LogP contribution is 2.36. The van der Waals surface area contributed by atoms with E-state index in [4.69, 9.17) is 4.52 Å². The lowest BCUT2D eigenvalue weighted by molar-refractivity contribution is -0.122. The van der Waals surface area contributed by atoms with E-state index < -0.39 is 0 Å². The van der Waals surface area contributed by atoms with Crippen LogP contribution in [-0.2, 0) is 24.4 Å². The van der Waals surface area contributed by atoms with E-state index in [1.807, 2.05) is 25.3 Å². The van der Waals surface area contributed by atoms with Gasteiger partial charge in [-0.05, 0) is 40.0 Å². The maximum absolute atomic E-state index is 12.2. The van der Waals surface area contributed by atoms with Gasteiger partial charge in [-0.2, -0.15) is 0 Å². The topological polar surface area (TPSA) is 106 Å². The molecule has 0 spiro atoms. The predicted molar refractivity (Wildman–Crippen MR) is 89.8 cm³/mol. The molecule has 1 saturated carbocycles. The molecule has 0 atom stereocenters. The first-order valence-electron chi connectivity index (χ1n) is 8.77. The summed E-state index contributed by atoms with van der Waals surface area (Å²) in [6, 6.07) is 0.182. The summed E-state index contributed by atoms with van der Waals surface area (Å²) < 4.78 is 7.08. The second-order valence-electron chi connectivity index (χ2n) is 6.61. The number of aryl methyl sites for hydroxylation is 2. The molecule has 1 aliphatic rings.